The normalized spacial score (nSPS) is 21.5. The molecule has 0 aliphatic carbocycles. The van der Waals surface area contributed by atoms with Gasteiger partial charge in [-0.2, -0.15) is 0 Å². The van der Waals surface area contributed by atoms with Gasteiger partial charge in [0.05, 0.1) is 0 Å². The summed E-state index contributed by atoms with van der Waals surface area (Å²) in [5.74, 6) is 0.240. The summed E-state index contributed by atoms with van der Waals surface area (Å²) in [6, 6.07) is 0. The lowest BCUT2D eigenvalue weighted by molar-refractivity contribution is 0.176. The molecule has 1 heterocycles. The van der Waals surface area contributed by atoms with Gasteiger partial charge >= 0.3 is 0 Å². The zero-order valence-electron chi connectivity index (χ0n) is 9.21. The smallest absolute Gasteiger partial charge is 0.147 e. The highest BCUT2D eigenvalue weighted by Gasteiger charge is 2.22. The summed E-state index contributed by atoms with van der Waals surface area (Å²) < 4.78 is 35.4. The molecule has 1 N–H and O–H groups in total. The van der Waals surface area contributed by atoms with Crippen molar-refractivity contribution in [1.29, 1.82) is 0 Å². The van der Waals surface area contributed by atoms with Crippen LogP contribution < -0.4 is 5.32 Å². The van der Waals surface area contributed by atoms with Gasteiger partial charge in [0.2, 0.25) is 0 Å². The second-order valence-corrected chi connectivity index (χ2v) is 6.64. The first kappa shape index (κ1) is 12.9. The standard InChI is InChI=1S/C10H20FNO2S/c1-15(13,14)8-2-3-10(11)9-4-6-12-7-5-9/h9-10,12H,2-8H2,1H3. The third-order valence-electron chi connectivity index (χ3n) is 2.89. The zero-order valence-corrected chi connectivity index (χ0v) is 10.0. The molecule has 0 aromatic heterocycles. The Hall–Kier alpha value is -0.160. The van der Waals surface area contributed by atoms with Gasteiger partial charge in [-0.1, -0.05) is 0 Å². The molecule has 90 valence electrons. The first-order chi connectivity index (χ1) is 6.99. The molecule has 0 bridgehead atoms. The van der Waals surface area contributed by atoms with Crippen molar-refractivity contribution in [3.8, 4) is 0 Å². The van der Waals surface area contributed by atoms with E-state index in [0.29, 0.717) is 12.8 Å². The Morgan fingerprint density at radius 2 is 2.00 bits per heavy atom. The number of hydrogen-bond donors (Lipinski definition) is 1. The summed E-state index contributed by atoms with van der Waals surface area (Å²) in [4.78, 5) is 0. The van der Waals surface area contributed by atoms with Crippen molar-refractivity contribution in [2.75, 3.05) is 25.1 Å². The Bertz CT molecular complexity index is 273. The largest absolute Gasteiger partial charge is 0.317 e. The quantitative estimate of drug-likeness (QED) is 0.780. The second kappa shape index (κ2) is 5.80. The fraction of sp³-hybridized carbons (Fsp3) is 1.00. The van der Waals surface area contributed by atoms with Crippen LogP contribution in [0.3, 0.4) is 0 Å². The molecule has 15 heavy (non-hydrogen) atoms. The van der Waals surface area contributed by atoms with Crippen LogP contribution in [0.25, 0.3) is 0 Å². The molecular formula is C10H20FNO2S. The van der Waals surface area contributed by atoms with E-state index in [9.17, 15) is 12.8 Å². The summed E-state index contributed by atoms with van der Waals surface area (Å²) in [6.07, 6.45) is 2.96. The minimum Gasteiger partial charge on any atom is -0.317 e. The summed E-state index contributed by atoms with van der Waals surface area (Å²) in [7, 11) is -2.93. The van der Waals surface area contributed by atoms with Gasteiger partial charge < -0.3 is 5.32 Å². The van der Waals surface area contributed by atoms with Gasteiger partial charge in [0.25, 0.3) is 0 Å². The summed E-state index contributed by atoms with van der Waals surface area (Å²) >= 11 is 0. The third-order valence-corrected chi connectivity index (χ3v) is 3.92. The molecule has 1 aliphatic heterocycles. The van der Waals surface area contributed by atoms with Crippen molar-refractivity contribution >= 4 is 9.84 Å². The number of piperidine rings is 1. The molecule has 0 aromatic carbocycles. The van der Waals surface area contributed by atoms with Gasteiger partial charge in [-0.25, -0.2) is 12.8 Å². The minimum absolute atomic E-state index is 0.110. The molecule has 1 atom stereocenters. The number of alkyl halides is 1. The Morgan fingerprint density at radius 3 is 2.53 bits per heavy atom. The van der Waals surface area contributed by atoms with Crippen molar-refractivity contribution in [2.45, 2.75) is 31.9 Å². The van der Waals surface area contributed by atoms with Gasteiger partial charge in [0.1, 0.15) is 16.0 Å². The zero-order chi connectivity index (χ0) is 11.3. The molecule has 1 fully saturated rings. The molecular weight excluding hydrogens is 217 g/mol. The molecule has 1 aliphatic rings. The highest BCUT2D eigenvalue weighted by Crippen LogP contribution is 2.22. The van der Waals surface area contributed by atoms with E-state index in [0.717, 1.165) is 25.9 Å². The van der Waals surface area contributed by atoms with E-state index in [1.165, 1.54) is 6.26 Å². The van der Waals surface area contributed by atoms with Crippen LogP contribution in [0.4, 0.5) is 4.39 Å². The van der Waals surface area contributed by atoms with Crippen LogP contribution in [0.5, 0.6) is 0 Å². The predicted octanol–water partition coefficient (Wildman–Crippen LogP) is 1.15. The van der Waals surface area contributed by atoms with E-state index in [-0.39, 0.29) is 11.7 Å². The molecule has 5 heteroatoms. The lowest BCUT2D eigenvalue weighted by atomic mass is 9.91. The lowest BCUT2D eigenvalue weighted by Gasteiger charge is -2.25. The highest BCUT2D eigenvalue weighted by atomic mass is 32.2. The maximum absolute atomic E-state index is 13.6. The Morgan fingerprint density at radius 1 is 1.40 bits per heavy atom. The van der Waals surface area contributed by atoms with Crippen LogP contribution in [0.2, 0.25) is 0 Å². The minimum atomic E-state index is -2.93. The molecule has 0 amide bonds. The molecule has 1 saturated heterocycles. The molecule has 0 saturated carbocycles. The van der Waals surface area contributed by atoms with Gasteiger partial charge in [-0.05, 0) is 44.7 Å². The molecule has 0 radical (unpaired) electrons. The van der Waals surface area contributed by atoms with Crippen molar-refractivity contribution in [3.05, 3.63) is 0 Å². The molecule has 0 aromatic rings. The predicted molar refractivity (Wildman–Crippen MR) is 59.4 cm³/mol. The van der Waals surface area contributed by atoms with Crippen molar-refractivity contribution < 1.29 is 12.8 Å². The van der Waals surface area contributed by atoms with E-state index in [1.807, 2.05) is 0 Å². The van der Waals surface area contributed by atoms with Crippen LogP contribution in [-0.4, -0.2) is 39.7 Å². The van der Waals surface area contributed by atoms with Crippen molar-refractivity contribution in [1.82, 2.24) is 5.32 Å². The van der Waals surface area contributed by atoms with Crippen molar-refractivity contribution in [3.63, 3.8) is 0 Å². The van der Waals surface area contributed by atoms with Crippen LogP contribution in [-0.2, 0) is 9.84 Å². The van der Waals surface area contributed by atoms with Gasteiger partial charge in [0, 0.05) is 12.0 Å². The van der Waals surface area contributed by atoms with E-state index in [2.05, 4.69) is 5.32 Å². The van der Waals surface area contributed by atoms with Gasteiger partial charge in [-0.3, -0.25) is 0 Å². The maximum atomic E-state index is 13.6. The SMILES string of the molecule is CS(=O)(=O)CCCC(F)C1CCNCC1. The fourth-order valence-electron chi connectivity index (χ4n) is 1.98. The maximum Gasteiger partial charge on any atom is 0.147 e. The Kier molecular flexibility index (Phi) is 4.99. The molecule has 1 unspecified atom stereocenters. The Balaban J connectivity index is 2.20. The fourth-order valence-corrected chi connectivity index (χ4v) is 2.67. The van der Waals surface area contributed by atoms with Crippen LogP contribution in [0.15, 0.2) is 0 Å². The average molecular weight is 237 g/mol. The monoisotopic (exact) mass is 237 g/mol. The van der Waals surface area contributed by atoms with Crippen molar-refractivity contribution in [2.24, 2.45) is 5.92 Å². The number of sulfone groups is 1. The van der Waals surface area contributed by atoms with Gasteiger partial charge in [-0.15, -0.1) is 0 Å². The number of nitrogens with one attached hydrogen (secondary N) is 1. The third kappa shape index (κ3) is 5.47. The topological polar surface area (TPSA) is 46.2 Å². The van der Waals surface area contributed by atoms with Crippen LogP contribution >= 0.6 is 0 Å². The van der Waals surface area contributed by atoms with Crippen LogP contribution in [0.1, 0.15) is 25.7 Å². The average Bonchev–Trinajstić information content (AvgIpc) is 2.17. The number of rotatable bonds is 5. The Labute approximate surface area is 91.4 Å². The second-order valence-electron chi connectivity index (χ2n) is 4.38. The molecule has 3 nitrogen and oxygen atoms in total. The van der Waals surface area contributed by atoms with E-state index >= 15 is 0 Å². The van der Waals surface area contributed by atoms with E-state index in [4.69, 9.17) is 0 Å². The molecule has 0 spiro atoms. The summed E-state index contributed by atoms with van der Waals surface area (Å²) in [5.41, 5.74) is 0. The van der Waals surface area contributed by atoms with E-state index in [1.54, 1.807) is 0 Å². The van der Waals surface area contributed by atoms with Gasteiger partial charge in [0.15, 0.2) is 0 Å². The first-order valence-corrected chi connectivity index (χ1v) is 7.57. The van der Waals surface area contributed by atoms with E-state index < -0.39 is 16.0 Å². The molecule has 1 rings (SSSR count). The summed E-state index contributed by atoms with van der Waals surface area (Å²) in [6.45, 7) is 1.77. The summed E-state index contributed by atoms with van der Waals surface area (Å²) in [5, 5.41) is 3.19. The highest BCUT2D eigenvalue weighted by molar-refractivity contribution is 7.90. The number of halogens is 1. The number of hydrogen-bond acceptors (Lipinski definition) is 3. The lowest BCUT2D eigenvalue weighted by Crippen LogP contribution is -2.32. The van der Waals surface area contributed by atoms with Crippen LogP contribution in [0, 0.1) is 5.92 Å². The first-order valence-electron chi connectivity index (χ1n) is 5.51.